The van der Waals surface area contributed by atoms with Crippen molar-refractivity contribution in [2.75, 3.05) is 32.7 Å². The number of aromatic hydroxyl groups is 1. The van der Waals surface area contributed by atoms with E-state index >= 15 is 0 Å². The van der Waals surface area contributed by atoms with Crippen molar-refractivity contribution in [3.8, 4) is 5.75 Å². The fourth-order valence-corrected chi connectivity index (χ4v) is 3.39. The Bertz CT molecular complexity index is 843. The fourth-order valence-electron chi connectivity index (χ4n) is 3.39. The van der Waals surface area contributed by atoms with Gasteiger partial charge < -0.3 is 5.11 Å². The summed E-state index contributed by atoms with van der Waals surface area (Å²) in [5.74, 6) is 0.0134. The van der Waals surface area contributed by atoms with Gasteiger partial charge in [-0.3, -0.25) is 14.6 Å². The van der Waals surface area contributed by atoms with Crippen molar-refractivity contribution in [1.82, 2.24) is 15.2 Å². The van der Waals surface area contributed by atoms with Crippen molar-refractivity contribution in [3.05, 3.63) is 77.9 Å². The second kappa shape index (κ2) is 10.5. The zero-order chi connectivity index (χ0) is 20.5. The Hall–Kier alpha value is -2.96. The van der Waals surface area contributed by atoms with E-state index in [1.54, 1.807) is 12.1 Å². The van der Waals surface area contributed by atoms with Crippen LogP contribution >= 0.6 is 0 Å². The van der Waals surface area contributed by atoms with Gasteiger partial charge in [0, 0.05) is 38.3 Å². The van der Waals surface area contributed by atoms with Gasteiger partial charge in [-0.1, -0.05) is 48.5 Å². The van der Waals surface area contributed by atoms with Crippen LogP contribution in [-0.4, -0.2) is 59.8 Å². The molecule has 0 saturated carbocycles. The van der Waals surface area contributed by atoms with Crippen LogP contribution in [-0.2, 0) is 17.8 Å². The third-order valence-corrected chi connectivity index (χ3v) is 4.99. The molecule has 0 aliphatic carbocycles. The molecule has 0 bridgehead atoms. The second-order valence-corrected chi connectivity index (χ2v) is 7.18. The van der Waals surface area contributed by atoms with Crippen molar-refractivity contribution in [2.45, 2.75) is 13.0 Å². The molecular weight excluding hydrogens is 364 g/mol. The molecule has 0 aromatic heterocycles. The first-order valence-corrected chi connectivity index (χ1v) is 9.88. The molecular formula is C23H28N4O2. The number of hydrazone groups is 1. The SMILES string of the molecule is C=CCc1cccc(/C=N\NC(=O)CN2CCN(Cc3ccccc3)CC2)c1O. The summed E-state index contributed by atoms with van der Waals surface area (Å²) < 4.78 is 0. The van der Waals surface area contributed by atoms with Crippen molar-refractivity contribution in [2.24, 2.45) is 5.10 Å². The number of para-hydroxylation sites is 1. The summed E-state index contributed by atoms with van der Waals surface area (Å²) in [5.41, 5.74) is 5.22. The van der Waals surface area contributed by atoms with Crippen LogP contribution in [0.2, 0.25) is 0 Å². The number of phenolic OH excluding ortho intramolecular Hbond substituents is 1. The van der Waals surface area contributed by atoms with E-state index in [4.69, 9.17) is 0 Å². The minimum atomic E-state index is -0.153. The second-order valence-electron chi connectivity index (χ2n) is 7.18. The van der Waals surface area contributed by atoms with Crippen molar-refractivity contribution in [1.29, 1.82) is 0 Å². The van der Waals surface area contributed by atoms with E-state index in [-0.39, 0.29) is 11.7 Å². The van der Waals surface area contributed by atoms with Crippen molar-refractivity contribution < 1.29 is 9.90 Å². The Kier molecular flexibility index (Phi) is 7.55. The molecule has 29 heavy (non-hydrogen) atoms. The monoisotopic (exact) mass is 392 g/mol. The molecule has 1 fully saturated rings. The molecule has 1 aliphatic rings. The third kappa shape index (κ3) is 6.27. The lowest BCUT2D eigenvalue weighted by Crippen LogP contribution is -2.48. The fraction of sp³-hybridized carbons (Fsp3) is 0.304. The Morgan fingerprint density at radius 2 is 1.79 bits per heavy atom. The molecule has 6 heteroatoms. The van der Waals surface area contributed by atoms with E-state index in [0.29, 0.717) is 18.5 Å². The van der Waals surface area contributed by atoms with Crippen LogP contribution in [0.15, 0.2) is 66.3 Å². The molecule has 0 atom stereocenters. The molecule has 2 aromatic rings. The molecule has 2 aromatic carbocycles. The average Bonchev–Trinajstić information content (AvgIpc) is 2.73. The van der Waals surface area contributed by atoms with Crippen LogP contribution in [0.5, 0.6) is 5.75 Å². The molecule has 0 unspecified atom stereocenters. The van der Waals surface area contributed by atoms with Crippen LogP contribution in [0.1, 0.15) is 16.7 Å². The number of amides is 1. The number of benzene rings is 2. The molecule has 6 nitrogen and oxygen atoms in total. The van der Waals surface area contributed by atoms with Gasteiger partial charge in [-0.15, -0.1) is 6.58 Å². The van der Waals surface area contributed by atoms with Crippen LogP contribution in [0.3, 0.4) is 0 Å². The summed E-state index contributed by atoms with van der Waals surface area (Å²) in [4.78, 5) is 16.7. The maximum Gasteiger partial charge on any atom is 0.254 e. The van der Waals surface area contributed by atoms with Gasteiger partial charge in [-0.25, -0.2) is 5.43 Å². The largest absolute Gasteiger partial charge is 0.507 e. The number of rotatable bonds is 8. The zero-order valence-electron chi connectivity index (χ0n) is 16.6. The first-order chi connectivity index (χ1) is 14.2. The quantitative estimate of drug-likeness (QED) is 0.411. The highest BCUT2D eigenvalue weighted by atomic mass is 16.3. The average molecular weight is 393 g/mol. The number of nitrogens with one attached hydrogen (secondary N) is 1. The smallest absolute Gasteiger partial charge is 0.254 e. The lowest BCUT2D eigenvalue weighted by molar-refractivity contribution is -0.122. The summed E-state index contributed by atoms with van der Waals surface area (Å²) >= 11 is 0. The number of nitrogens with zero attached hydrogens (tertiary/aromatic N) is 3. The van der Waals surface area contributed by atoms with E-state index in [0.717, 1.165) is 38.3 Å². The molecule has 0 spiro atoms. The number of allylic oxidation sites excluding steroid dienone is 1. The van der Waals surface area contributed by atoms with Gasteiger partial charge in [0.25, 0.3) is 5.91 Å². The molecule has 1 aliphatic heterocycles. The van der Waals surface area contributed by atoms with Gasteiger partial charge in [0.15, 0.2) is 0 Å². The summed E-state index contributed by atoms with van der Waals surface area (Å²) in [7, 11) is 0. The number of hydrogen-bond acceptors (Lipinski definition) is 5. The number of phenols is 1. The summed E-state index contributed by atoms with van der Waals surface area (Å²) in [6, 6.07) is 15.9. The van der Waals surface area contributed by atoms with Gasteiger partial charge in [0.2, 0.25) is 0 Å². The maximum atomic E-state index is 12.2. The molecule has 152 valence electrons. The first kappa shape index (κ1) is 20.8. The molecule has 1 amide bonds. The van der Waals surface area contributed by atoms with E-state index in [9.17, 15) is 9.90 Å². The van der Waals surface area contributed by atoms with Crippen molar-refractivity contribution in [3.63, 3.8) is 0 Å². The Morgan fingerprint density at radius 3 is 2.52 bits per heavy atom. The third-order valence-electron chi connectivity index (χ3n) is 4.99. The van der Waals surface area contributed by atoms with E-state index < -0.39 is 0 Å². The van der Waals surface area contributed by atoms with Gasteiger partial charge >= 0.3 is 0 Å². The summed E-state index contributed by atoms with van der Waals surface area (Å²) in [5, 5.41) is 14.2. The predicted molar refractivity (Wildman–Crippen MR) is 116 cm³/mol. The standard InChI is InChI=1S/C23H28N4O2/c1-2-7-20-10-6-11-21(23(20)29)16-24-25-22(28)18-27-14-12-26(13-15-27)17-19-8-4-3-5-9-19/h2-6,8-11,16,29H,1,7,12-15,17-18H2,(H,25,28)/b24-16-. The zero-order valence-corrected chi connectivity index (χ0v) is 16.6. The lowest BCUT2D eigenvalue weighted by atomic mass is 10.1. The Morgan fingerprint density at radius 1 is 1.07 bits per heavy atom. The maximum absolute atomic E-state index is 12.2. The molecule has 1 heterocycles. The van der Waals surface area contributed by atoms with Gasteiger partial charge in [-0.2, -0.15) is 5.10 Å². The molecule has 2 N–H and O–H groups in total. The van der Waals surface area contributed by atoms with E-state index in [2.05, 4.69) is 51.2 Å². The van der Waals surface area contributed by atoms with E-state index in [1.807, 2.05) is 18.2 Å². The topological polar surface area (TPSA) is 68.2 Å². The minimum Gasteiger partial charge on any atom is -0.507 e. The molecule has 3 rings (SSSR count). The minimum absolute atomic E-state index is 0.153. The molecule has 0 radical (unpaired) electrons. The highest BCUT2D eigenvalue weighted by Crippen LogP contribution is 2.21. The van der Waals surface area contributed by atoms with Crippen LogP contribution in [0.25, 0.3) is 0 Å². The molecule has 1 saturated heterocycles. The van der Waals surface area contributed by atoms with Gasteiger partial charge in [0.1, 0.15) is 5.75 Å². The van der Waals surface area contributed by atoms with Gasteiger partial charge in [-0.05, 0) is 23.6 Å². The lowest BCUT2D eigenvalue weighted by Gasteiger charge is -2.34. The highest BCUT2D eigenvalue weighted by Gasteiger charge is 2.18. The summed E-state index contributed by atoms with van der Waals surface area (Å²) in [6.45, 7) is 8.54. The summed E-state index contributed by atoms with van der Waals surface area (Å²) in [6.07, 6.45) is 3.78. The Labute approximate surface area is 172 Å². The number of piperazine rings is 1. The van der Waals surface area contributed by atoms with Crippen LogP contribution in [0, 0.1) is 0 Å². The first-order valence-electron chi connectivity index (χ1n) is 9.88. The normalized spacial score (nSPS) is 15.4. The van der Waals surface area contributed by atoms with Crippen LogP contribution in [0.4, 0.5) is 0 Å². The highest BCUT2D eigenvalue weighted by molar-refractivity contribution is 5.86. The predicted octanol–water partition coefficient (Wildman–Crippen LogP) is 2.39. The number of carbonyl (C=O) groups excluding carboxylic acids is 1. The Balaban J connectivity index is 1.42. The number of hydrogen-bond donors (Lipinski definition) is 2. The van der Waals surface area contributed by atoms with Gasteiger partial charge in [0.05, 0.1) is 12.8 Å². The number of carbonyl (C=O) groups is 1. The van der Waals surface area contributed by atoms with E-state index in [1.165, 1.54) is 11.8 Å². The van der Waals surface area contributed by atoms with Crippen molar-refractivity contribution >= 4 is 12.1 Å². The van der Waals surface area contributed by atoms with Crippen LogP contribution < -0.4 is 5.43 Å².